The second-order valence-electron chi connectivity index (χ2n) is 7.60. The minimum atomic E-state index is -0.299. The number of carbonyl (C=O) groups excluding carboxylic acids is 1. The lowest BCUT2D eigenvalue weighted by Gasteiger charge is -2.32. The Labute approximate surface area is 177 Å². The molecular formula is C24H27FN4O. The molecular weight excluding hydrogens is 379 g/mol. The van der Waals surface area contributed by atoms with Crippen molar-refractivity contribution in [3.8, 4) is 6.07 Å². The maximum absolute atomic E-state index is 13.1. The smallest absolute Gasteiger partial charge is 0.319 e. The average molecular weight is 407 g/mol. The number of hydrogen-bond donors (Lipinski definition) is 2. The van der Waals surface area contributed by atoms with Crippen LogP contribution in [0.15, 0.2) is 60.7 Å². The van der Waals surface area contributed by atoms with Gasteiger partial charge in [0.25, 0.3) is 0 Å². The third-order valence-electron chi connectivity index (χ3n) is 5.20. The van der Waals surface area contributed by atoms with Crippen LogP contribution in [0.3, 0.4) is 0 Å². The Balaban J connectivity index is 1.36. The summed E-state index contributed by atoms with van der Waals surface area (Å²) in [5.41, 5.74) is 2.29. The lowest BCUT2D eigenvalue weighted by Crippen LogP contribution is -2.36. The van der Waals surface area contributed by atoms with E-state index in [-0.39, 0.29) is 11.8 Å². The first-order valence-corrected chi connectivity index (χ1v) is 10.3. The molecule has 2 aromatic carbocycles. The maximum Gasteiger partial charge on any atom is 0.319 e. The summed E-state index contributed by atoms with van der Waals surface area (Å²) in [5, 5.41) is 14.4. The van der Waals surface area contributed by atoms with E-state index >= 15 is 0 Å². The number of nitrogens with one attached hydrogen (secondary N) is 2. The van der Waals surface area contributed by atoms with Crippen LogP contribution in [-0.2, 0) is 6.42 Å². The van der Waals surface area contributed by atoms with E-state index in [4.69, 9.17) is 5.26 Å². The summed E-state index contributed by atoms with van der Waals surface area (Å²) >= 11 is 0. The van der Waals surface area contributed by atoms with Gasteiger partial charge in [0.15, 0.2) is 0 Å². The van der Waals surface area contributed by atoms with E-state index in [1.54, 1.807) is 24.3 Å². The zero-order valence-corrected chi connectivity index (χ0v) is 17.0. The van der Waals surface area contributed by atoms with Crippen LogP contribution in [0.5, 0.6) is 0 Å². The second-order valence-corrected chi connectivity index (χ2v) is 7.60. The molecule has 0 bridgehead atoms. The van der Waals surface area contributed by atoms with E-state index in [9.17, 15) is 9.18 Å². The first-order chi connectivity index (χ1) is 14.6. The van der Waals surface area contributed by atoms with Crippen LogP contribution in [0.1, 0.15) is 24.0 Å². The third-order valence-corrected chi connectivity index (χ3v) is 5.20. The highest BCUT2D eigenvalue weighted by Gasteiger charge is 2.19. The fourth-order valence-electron chi connectivity index (χ4n) is 3.74. The summed E-state index contributed by atoms with van der Waals surface area (Å²) in [5.74, 6) is 0.401. The molecule has 1 aliphatic rings. The van der Waals surface area contributed by atoms with E-state index in [1.807, 2.05) is 24.3 Å². The molecule has 156 valence electrons. The molecule has 1 saturated heterocycles. The SMILES string of the molecule is N#Cc1cccc(NC(=O)NC/C=C\CN2CCCC(Cc3ccc(F)cc3)C2)c1. The lowest BCUT2D eigenvalue weighted by molar-refractivity contribution is 0.190. The first kappa shape index (κ1) is 21.5. The largest absolute Gasteiger partial charge is 0.334 e. The zero-order chi connectivity index (χ0) is 21.2. The van der Waals surface area contributed by atoms with Crippen molar-refractivity contribution in [2.75, 3.05) is 31.5 Å². The summed E-state index contributed by atoms with van der Waals surface area (Å²) < 4.78 is 13.1. The van der Waals surface area contributed by atoms with Crippen LogP contribution in [0, 0.1) is 23.1 Å². The monoisotopic (exact) mass is 406 g/mol. The van der Waals surface area contributed by atoms with Gasteiger partial charge < -0.3 is 10.6 Å². The minimum absolute atomic E-state index is 0.188. The fourth-order valence-corrected chi connectivity index (χ4v) is 3.74. The lowest BCUT2D eigenvalue weighted by atomic mass is 9.91. The number of nitrogens with zero attached hydrogens (tertiary/aromatic N) is 2. The molecule has 6 heteroatoms. The molecule has 5 nitrogen and oxygen atoms in total. The zero-order valence-electron chi connectivity index (χ0n) is 17.0. The Bertz CT molecular complexity index is 904. The predicted octanol–water partition coefficient (Wildman–Crippen LogP) is 4.33. The number of carbonyl (C=O) groups is 1. The number of amides is 2. The Morgan fingerprint density at radius 2 is 2.07 bits per heavy atom. The van der Waals surface area contributed by atoms with E-state index in [0.29, 0.717) is 23.7 Å². The molecule has 1 fully saturated rings. The van der Waals surface area contributed by atoms with Crippen LogP contribution >= 0.6 is 0 Å². The first-order valence-electron chi connectivity index (χ1n) is 10.3. The topological polar surface area (TPSA) is 68.2 Å². The second kappa shape index (κ2) is 11.1. The number of urea groups is 1. The number of anilines is 1. The molecule has 3 rings (SSSR count). The van der Waals surface area contributed by atoms with Crippen molar-refractivity contribution in [3.63, 3.8) is 0 Å². The molecule has 1 aliphatic heterocycles. The average Bonchev–Trinajstić information content (AvgIpc) is 2.75. The van der Waals surface area contributed by atoms with Gasteiger partial charge in [0.1, 0.15) is 5.82 Å². The number of benzene rings is 2. The van der Waals surface area contributed by atoms with Crippen molar-refractivity contribution < 1.29 is 9.18 Å². The van der Waals surface area contributed by atoms with Gasteiger partial charge in [-0.2, -0.15) is 5.26 Å². The van der Waals surface area contributed by atoms with Crippen LogP contribution in [0.4, 0.5) is 14.9 Å². The van der Waals surface area contributed by atoms with Gasteiger partial charge in [-0.1, -0.05) is 30.4 Å². The predicted molar refractivity (Wildman–Crippen MR) is 117 cm³/mol. The quantitative estimate of drug-likeness (QED) is 0.673. The van der Waals surface area contributed by atoms with Gasteiger partial charge in [-0.05, 0) is 67.6 Å². The summed E-state index contributed by atoms with van der Waals surface area (Å²) in [6.07, 6.45) is 7.38. The van der Waals surface area contributed by atoms with Crippen molar-refractivity contribution in [1.82, 2.24) is 10.2 Å². The van der Waals surface area contributed by atoms with Gasteiger partial charge in [0.2, 0.25) is 0 Å². The van der Waals surface area contributed by atoms with Crippen molar-refractivity contribution in [1.29, 1.82) is 5.26 Å². The van der Waals surface area contributed by atoms with Crippen LogP contribution in [0.25, 0.3) is 0 Å². The Morgan fingerprint density at radius 3 is 2.87 bits per heavy atom. The van der Waals surface area contributed by atoms with Crippen LogP contribution < -0.4 is 10.6 Å². The summed E-state index contributed by atoms with van der Waals surface area (Å²) in [7, 11) is 0. The number of piperidine rings is 1. The van der Waals surface area contributed by atoms with Gasteiger partial charge >= 0.3 is 6.03 Å². The van der Waals surface area contributed by atoms with E-state index < -0.39 is 0 Å². The molecule has 2 amide bonds. The van der Waals surface area contributed by atoms with Crippen LogP contribution in [-0.4, -0.2) is 37.1 Å². The normalized spacial score (nSPS) is 16.9. The van der Waals surface area contributed by atoms with Crippen molar-refractivity contribution in [2.45, 2.75) is 19.3 Å². The van der Waals surface area contributed by atoms with E-state index in [0.717, 1.165) is 26.1 Å². The van der Waals surface area contributed by atoms with Crippen LogP contribution in [0.2, 0.25) is 0 Å². The van der Waals surface area contributed by atoms with Gasteiger partial charge in [-0.15, -0.1) is 0 Å². The number of halogens is 1. The highest BCUT2D eigenvalue weighted by atomic mass is 19.1. The maximum atomic E-state index is 13.1. The van der Waals surface area contributed by atoms with Crippen molar-refractivity contribution >= 4 is 11.7 Å². The molecule has 0 saturated carbocycles. The molecule has 2 aromatic rings. The van der Waals surface area contributed by atoms with Gasteiger partial charge in [0, 0.05) is 25.3 Å². The highest BCUT2D eigenvalue weighted by molar-refractivity contribution is 5.89. The van der Waals surface area contributed by atoms with Crippen molar-refractivity contribution in [3.05, 3.63) is 77.6 Å². The number of hydrogen-bond acceptors (Lipinski definition) is 3. The molecule has 0 spiro atoms. The Morgan fingerprint density at radius 1 is 1.23 bits per heavy atom. The molecule has 0 aliphatic carbocycles. The molecule has 1 atom stereocenters. The molecule has 30 heavy (non-hydrogen) atoms. The van der Waals surface area contributed by atoms with E-state index in [2.05, 4.69) is 21.6 Å². The number of rotatable bonds is 7. The molecule has 2 N–H and O–H groups in total. The third kappa shape index (κ3) is 7.02. The highest BCUT2D eigenvalue weighted by Crippen LogP contribution is 2.21. The molecule has 1 heterocycles. The molecule has 0 aromatic heterocycles. The minimum Gasteiger partial charge on any atom is -0.334 e. The Kier molecular flexibility index (Phi) is 7.99. The number of likely N-dealkylation sites (tertiary alicyclic amines) is 1. The van der Waals surface area contributed by atoms with Gasteiger partial charge in [-0.3, -0.25) is 4.90 Å². The fraction of sp³-hybridized carbons (Fsp3) is 0.333. The van der Waals surface area contributed by atoms with Crippen molar-refractivity contribution in [2.24, 2.45) is 5.92 Å². The standard InChI is InChI=1S/C24H27FN4O/c25-22-10-8-19(9-11-22)15-21-6-4-14-29(18-21)13-2-1-12-27-24(30)28-23-7-3-5-20(16-23)17-26/h1-3,5,7-11,16,21H,4,6,12-15,18H2,(H2,27,28,30)/b2-1-. The van der Waals surface area contributed by atoms with Gasteiger partial charge in [-0.25, -0.2) is 9.18 Å². The molecule has 1 unspecified atom stereocenters. The summed E-state index contributed by atoms with van der Waals surface area (Å²) in [6, 6.07) is 15.4. The summed E-state index contributed by atoms with van der Waals surface area (Å²) in [6.45, 7) is 3.41. The number of nitriles is 1. The van der Waals surface area contributed by atoms with E-state index in [1.165, 1.54) is 30.5 Å². The Hall–Kier alpha value is -3.17. The summed E-state index contributed by atoms with van der Waals surface area (Å²) in [4.78, 5) is 14.4. The molecule has 0 radical (unpaired) electrons. The van der Waals surface area contributed by atoms with Gasteiger partial charge in [0.05, 0.1) is 11.6 Å².